The number of anilines is 1. The van der Waals surface area contributed by atoms with Gasteiger partial charge in [-0.3, -0.25) is 0 Å². The van der Waals surface area contributed by atoms with Crippen LogP contribution >= 0.6 is 23.2 Å². The molecule has 1 atom stereocenters. The zero-order valence-electron chi connectivity index (χ0n) is 11.9. The van der Waals surface area contributed by atoms with Crippen LogP contribution in [-0.2, 0) is 0 Å². The van der Waals surface area contributed by atoms with E-state index < -0.39 is 0 Å². The largest absolute Gasteiger partial charge is 0.377 e. The van der Waals surface area contributed by atoms with E-state index in [1.165, 1.54) is 12.1 Å². The van der Waals surface area contributed by atoms with E-state index in [9.17, 15) is 4.39 Å². The Morgan fingerprint density at radius 2 is 1.81 bits per heavy atom. The van der Waals surface area contributed by atoms with Gasteiger partial charge in [-0.25, -0.2) is 4.39 Å². The van der Waals surface area contributed by atoms with E-state index in [1.54, 1.807) is 18.2 Å². The molecule has 0 radical (unpaired) electrons. The minimum Gasteiger partial charge on any atom is -0.377 e. The second kappa shape index (κ2) is 7.67. The molecule has 2 aromatic carbocycles. The summed E-state index contributed by atoms with van der Waals surface area (Å²) in [4.78, 5) is 0. The number of hydrogen-bond donors (Lipinski definition) is 1. The van der Waals surface area contributed by atoms with Crippen LogP contribution in [0.25, 0.3) is 0 Å². The number of benzene rings is 2. The Bertz CT molecular complexity index is 584. The molecule has 2 rings (SSSR count). The third-order valence-electron chi connectivity index (χ3n) is 3.40. The van der Waals surface area contributed by atoms with Gasteiger partial charge in [0.05, 0.1) is 21.8 Å². The van der Waals surface area contributed by atoms with E-state index in [0.717, 1.165) is 30.5 Å². The molecule has 0 aromatic heterocycles. The fraction of sp³-hybridized carbons (Fsp3) is 0.294. The standard InChI is InChI=1S/C17H18Cl2FN/c1-2-3-6-15(12-8-10-13(20)11-9-12)21-16-7-4-5-14(18)17(16)19/h4-5,7-11,15,21H,2-3,6H2,1H3. The van der Waals surface area contributed by atoms with Crippen LogP contribution in [0.15, 0.2) is 42.5 Å². The van der Waals surface area contributed by atoms with Crippen LogP contribution in [0.2, 0.25) is 10.0 Å². The molecule has 0 spiro atoms. The van der Waals surface area contributed by atoms with Crippen LogP contribution in [0.1, 0.15) is 37.8 Å². The molecule has 112 valence electrons. The highest BCUT2D eigenvalue weighted by molar-refractivity contribution is 6.43. The smallest absolute Gasteiger partial charge is 0.123 e. The lowest BCUT2D eigenvalue weighted by atomic mass is 10.0. The van der Waals surface area contributed by atoms with Gasteiger partial charge in [0.2, 0.25) is 0 Å². The van der Waals surface area contributed by atoms with Crippen molar-refractivity contribution in [2.75, 3.05) is 5.32 Å². The van der Waals surface area contributed by atoms with E-state index >= 15 is 0 Å². The van der Waals surface area contributed by atoms with E-state index in [2.05, 4.69) is 12.2 Å². The van der Waals surface area contributed by atoms with Gasteiger partial charge in [0.25, 0.3) is 0 Å². The lowest BCUT2D eigenvalue weighted by Gasteiger charge is -2.21. The molecular formula is C17H18Cl2FN. The number of nitrogens with one attached hydrogen (secondary N) is 1. The molecule has 1 nitrogen and oxygen atoms in total. The molecule has 0 bridgehead atoms. The number of unbranched alkanes of at least 4 members (excludes halogenated alkanes) is 1. The maximum Gasteiger partial charge on any atom is 0.123 e. The lowest BCUT2D eigenvalue weighted by molar-refractivity contribution is 0.616. The fourth-order valence-corrected chi connectivity index (χ4v) is 2.58. The average Bonchev–Trinajstić information content (AvgIpc) is 2.49. The maximum absolute atomic E-state index is 13.1. The van der Waals surface area contributed by atoms with Crippen molar-refractivity contribution < 1.29 is 4.39 Å². The third kappa shape index (κ3) is 4.36. The van der Waals surface area contributed by atoms with Crippen LogP contribution in [0.3, 0.4) is 0 Å². The van der Waals surface area contributed by atoms with Crippen molar-refractivity contribution in [3.05, 3.63) is 63.9 Å². The first-order valence-corrected chi connectivity index (χ1v) is 7.83. The van der Waals surface area contributed by atoms with Crippen LogP contribution in [-0.4, -0.2) is 0 Å². The quantitative estimate of drug-likeness (QED) is 0.641. The molecule has 0 saturated carbocycles. The first-order valence-electron chi connectivity index (χ1n) is 7.08. The van der Waals surface area contributed by atoms with Crippen LogP contribution in [0.4, 0.5) is 10.1 Å². The van der Waals surface area contributed by atoms with Gasteiger partial charge in [0.15, 0.2) is 0 Å². The van der Waals surface area contributed by atoms with Gasteiger partial charge < -0.3 is 5.32 Å². The summed E-state index contributed by atoms with van der Waals surface area (Å²) in [6, 6.07) is 12.2. The fourth-order valence-electron chi connectivity index (χ4n) is 2.23. The Balaban J connectivity index is 2.23. The van der Waals surface area contributed by atoms with Gasteiger partial charge in [-0.15, -0.1) is 0 Å². The van der Waals surface area contributed by atoms with Crippen molar-refractivity contribution in [1.82, 2.24) is 0 Å². The molecule has 1 N–H and O–H groups in total. The molecule has 0 saturated heterocycles. The molecule has 1 unspecified atom stereocenters. The third-order valence-corrected chi connectivity index (χ3v) is 4.22. The van der Waals surface area contributed by atoms with Crippen molar-refractivity contribution in [2.24, 2.45) is 0 Å². The van der Waals surface area contributed by atoms with E-state index in [0.29, 0.717) is 10.0 Å². The van der Waals surface area contributed by atoms with Crippen LogP contribution in [0.5, 0.6) is 0 Å². The molecule has 4 heteroatoms. The summed E-state index contributed by atoms with van der Waals surface area (Å²) < 4.78 is 13.1. The molecule has 0 fully saturated rings. The molecule has 0 amide bonds. The minimum absolute atomic E-state index is 0.0847. The summed E-state index contributed by atoms with van der Waals surface area (Å²) in [6.45, 7) is 2.15. The van der Waals surface area contributed by atoms with E-state index in [1.807, 2.05) is 12.1 Å². The van der Waals surface area contributed by atoms with Crippen molar-refractivity contribution in [3.63, 3.8) is 0 Å². The summed E-state index contributed by atoms with van der Waals surface area (Å²) in [6.07, 6.45) is 3.13. The molecule has 2 aromatic rings. The zero-order valence-corrected chi connectivity index (χ0v) is 13.4. The highest BCUT2D eigenvalue weighted by atomic mass is 35.5. The Morgan fingerprint density at radius 1 is 1.10 bits per heavy atom. The second-order valence-corrected chi connectivity index (χ2v) is 5.78. The monoisotopic (exact) mass is 325 g/mol. The Labute approximate surface area is 135 Å². The molecule has 0 heterocycles. The second-order valence-electron chi connectivity index (χ2n) is 4.99. The van der Waals surface area contributed by atoms with Gasteiger partial charge in [-0.05, 0) is 36.2 Å². The van der Waals surface area contributed by atoms with Crippen molar-refractivity contribution >= 4 is 28.9 Å². The highest BCUT2D eigenvalue weighted by Crippen LogP contribution is 2.33. The van der Waals surface area contributed by atoms with Crippen molar-refractivity contribution in [3.8, 4) is 0 Å². The number of rotatable bonds is 6. The summed E-state index contributed by atoms with van der Waals surface area (Å²) in [5.74, 6) is -0.228. The zero-order chi connectivity index (χ0) is 15.2. The van der Waals surface area contributed by atoms with Gasteiger partial charge in [-0.2, -0.15) is 0 Å². The molecular weight excluding hydrogens is 308 g/mol. The first-order chi connectivity index (χ1) is 10.1. The highest BCUT2D eigenvalue weighted by Gasteiger charge is 2.13. The average molecular weight is 326 g/mol. The Hall–Kier alpha value is -1.25. The minimum atomic E-state index is -0.228. The van der Waals surface area contributed by atoms with Gasteiger partial charge in [0, 0.05) is 0 Å². The van der Waals surface area contributed by atoms with E-state index in [-0.39, 0.29) is 11.9 Å². The summed E-state index contributed by atoms with van der Waals surface area (Å²) in [5.41, 5.74) is 1.84. The summed E-state index contributed by atoms with van der Waals surface area (Å²) in [5, 5.41) is 4.46. The first kappa shape index (κ1) is 16.1. The summed E-state index contributed by atoms with van der Waals surface area (Å²) in [7, 11) is 0. The summed E-state index contributed by atoms with van der Waals surface area (Å²) >= 11 is 12.3. The predicted molar refractivity (Wildman–Crippen MR) is 88.8 cm³/mol. The van der Waals surface area contributed by atoms with Gasteiger partial charge in [-0.1, -0.05) is 61.2 Å². The molecule has 0 aliphatic rings. The normalized spacial score (nSPS) is 12.2. The number of hydrogen-bond acceptors (Lipinski definition) is 1. The lowest BCUT2D eigenvalue weighted by Crippen LogP contribution is -2.11. The van der Waals surface area contributed by atoms with Crippen molar-refractivity contribution in [1.29, 1.82) is 0 Å². The Morgan fingerprint density at radius 3 is 2.48 bits per heavy atom. The molecule has 21 heavy (non-hydrogen) atoms. The predicted octanol–water partition coefficient (Wildman–Crippen LogP) is 6.48. The molecule has 0 aliphatic heterocycles. The van der Waals surface area contributed by atoms with Crippen molar-refractivity contribution in [2.45, 2.75) is 32.2 Å². The van der Waals surface area contributed by atoms with Crippen LogP contribution in [0, 0.1) is 5.82 Å². The molecule has 0 aliphatic carbocycles. The number of halogens is 3. The van der Waals surface area contributed by atoms with Gasteiger partial charge in [0.1, 0.15) is 5.82 Å². The van der Waals surface area contributed by atoms with Gasteiger partial charge >= 0.3 is 0 Å². The Kier molecular flexibility index (Phi) is 5.89. The topological polar surface area (TPSA) is 12.0 Å². The van der Waals surface area contributed by atoms with E-state index in [4.69, 9.17) is 23.2 Å². The maximum atomic E-state index is 13.1. The van der Waals surface area contributed by atoms with Crippen LogP contribution < -0.4 is 5.32 Å². The SMILES string of the molecule is CCCCC(Nc1cccc(Cl)c1Cl)c1ccc(F)cc1.